The molecule has 0 N–H and O–H groups in total. The first-order chi connectivity index (χ1) is 12.5. The molecule has 0 spiro atoms. The van der Waals surface area contributed by atoms with E-state index in [0.717, 1.165) is 36.8 Å². The lowest BCUT2D eigenvalue weighted by Crippen LogP contribution is -2.21. The maximum absolute atomic E-state index is 13.4. The fourth-order valence-electron chi connectivity index (χ4n) is 3.52. The van der Waals surface area contributed by atoms with Crippen LogP contribution in [0.1, 0.15) is 44.6 Å². The van der Waals surface area contributed by atoms with Gasteiger partial charge in [0.15, 0.2) is 0 Å². The van der Waals surface area contributed by atoms with Crippen molar-refractivity contribution in [1.29, 1.82) is 0 Å². The van der Waals surface area contributed by atoms with Crippen LogP contribution in [0.3, 0.4) is 0 Å². The topological polar surface area (TPSA) is 37.4 Å². The van der Waals surface area contributed by atoms with Crippen molar-refractivity contribution in [3.8, 4) is 0 Å². The highest BCUT2D eigenvalue weighted by atomic mass is 32.2. The van der Waals surface area contributed by atoms with Gasteiger partial charge in [0.2, 0.25) is 9.84 Å². The van der Waals surface area contributed by atoms with Crippen LogP contribution >= 0.6 is 0 Å². The van der Waals surface area contributed by atoms with Gasteiger partial charge in [0.1, 0.15) is 5.82 Å². The van der Waals surface area contributed by atoms with Gasteiger partial charge in [-0.2, -0.15) is 0 Å². The number of rotatable bonds is 8. The third kappa shape index (κ3) is 4.09. The molecule has 0 saturated carbocycles. The Labute approximate surface area is 155 Å². The Morgan fingerprint density at radius 3 is 2.54 bits per heavy atom. The van der Waals surface area contributed by atoms with Crippen molar-refractivity contribution >= 4 is 15.5 Å². The smallest absolute Gasteiger partial charge is 0.206 e. The average molecular weight is 376 g/mol. The molecular weight excluding hydrogens is 349 g/mol. The van der Waals surface area contributed by atoms with Crippen molar-refractivity contribution in [3.05, 3.63) is 53.8 Å². The fourth-order valence-corrected chi connectivity index (χ4v) is 4.86. The number of benzene rings is 2. The van der Waals surface area contributed by atoms with E-state index in [-0.39, 0.29) is 9.79 Å². The van der Waals surface area contributed by atoms with Crippen LogP contribution in [0.25, 0.3) is 0 Å². The molecule has 3 nitrogen and oxygen atoms in total. The summed E-state index contributed by atoms with van der Waals surface area (Å²) in [6.07, 6.45) is 7.08. The summed E-state index contributed by atoms with van der Waals surface area (Å²) in [5.74, 6) is -0.540. The first kappa shape index (κ1) is 18.9. The summed E-state index contributed by atoms with van der Waals surface area (Å²) < 4.78 is 38.9. The third-order valence-electron chi connectivity index (χ3n) is 4.99. The lowest BCUT2D eigenvalue weighted by molar-refractivity contribution is 0.591. The zero-order chi connectivity index (χ0) is 18.6. The zero-order valence-corrected chi connectivity index (χ0v) is 16.1. The molecule has 0 saturated heterocycles. The van der Waals surface area contributed by atoms with Crippen molar-refractivity contribution in [2.75, 3.05) is 18.0 Å². The van der Waals surface area contributed by atoms with Crippen molar-refractivity contribution in [2.45, 2.75) is 55.2 Å². The molecule has 0 radical (unpaired) electrons. The van der Waals surface area contributed by atoms with Crippen molar-refractivity contribution in [2.24, 2.45) is 0 Å². The van der Waals surface area contributed by atoms with Crippen molar-refractivity contribution in [1.82, 2.24) is 0 Å². The second kappa shape index (κ2) is 8.21. The highest BCUT2D eigenvalue weighted by molar-refractivity contribution is 7.91. The molecule has 0 aliphatic carbocycles. The van der Waals surface area contributed by atoms with E-state index >= 15 is 0 Å². The van der Waals surface area contributed by atoms with E-state index in [2.05, 4.69) is 11.8 Å². The van der Waals surface area contributed by atoms with Crippen LogP contribution in [0.4, 0.5) is 10.1 Å². The lowest BCUT2D eigenvalue weighted by atomic mass is 10.1. The molecule has 3 rings (SSSR count). The number of unbranched alkanes of at least 4 members (excludes halogenated alkanes) is 4. The summed E-state index contributed by atoms with van der Waals surface area (Å²) in [6, 6.07) is 10.5. The summed E-state index contributed by atoms with van der Waals surface area (Å²) in [4.78, 5) is 2.59. The Hall–Kier alpha value is -1.88. The number of nitrogens with zero attached hydrogens (tertiary/aromatic N) is 1. The second-order valence-corrected chi connectivity index (χ2v) is 8.85. The van der Waals surface area contributed by atoms with Crippen LogP contribution < -0.4 is 4.90 Å². The van der Waals surface area contributed by atoms with E-state index in [1.54, 1.807) is 12.1 Å². The van der Waals surface area contributed by atoms with E-state index in [1.807, 2.05) is 6.07 Å². The Morgan fingerprint density at radius 1 is 1.00 bits per heavy atom. The van der Waals surface area contributed by atoms with Gasteiger partial charge >= 0.3 is 0 Å². The molecule has 0 bridgehead atoms. The van der Waals surface area contributed by atoms with Crippen LogP contribution in [0, 0.1) is 5.82 Å². The van der Waals surface area contributed by atoms with Gasteiger partial charge in [-0.1, -0.05) is 38.7 Å². The monoisotopic (exact) mass is 375 g/mol. The Kier molecular flexibility index (Phi) is 5.97. The minimum absolute atomic E-state index is 0.00299. The predicted octanol–water partition coefficient (Wildman–Crippen LogP) is 4.99. The van der Waals surface area contributed by atoms with Crippen LogP contribution in [-0.4, -0.2) is 21.5 Å². The molecular formula is C21H26FNO2S. The van der Waals surface area contributed by atoms with Crippen LogP contribution in [0.15, 0.2) is 52.3 Å². The zero-order valence-electron chi connectivity index (χ0n) is 15.2. The first-order valence-corrected chi connectivity index (χ1v) is 10.9. The molecule has 0 aromatic heterocycles. The molecule has 1 aliphatic rings. The van der Waals surface area contributed by atoms with E-state index in [4.69, 9.17) is 0 Å². The Balaban J connectivity index is 1.74. The summed E-state index contributed by atoms with van der Waals surface area (Å²) in [7, 11) is -3.69. The molecule has 1 aliphatic heterocycles. The summed E-state index contributed by atoms with van der Waals surface area (Å²) in [5, 5.41) is 0. The molecule has 1 heterocycles. The van der Waals surface area contributed by atoms with Crippen LogP contribution in [0.2, 0.25) is 0 Å². The second-order valence-electron chi connectivity index (χ2n) is 6.90. The first-order valence-electron chi connectivity index (χ1n) is 9.41. The van der Waals surface area contributed by atoms with Gasteiger partial charge < -0.3 is 4.90 Å². The minimum Gasteiger partial charge on any atom is -0.371 e. The van der Waals surface area contributed by atoms with Gasteiger partial charge in [-0.15, -0.1) is 0 Å². The van der Waals surface area contributed by atoms with Crippen molar-refractivity contribution < 1.29 is 12.8 Å². The number of anilines is 1. The number of halogens is 1. The minimum atomic E-state index is -3.69. The molecule has 5 heteroatoms. The number of sulfone groups is 1. The molecule has 26 heavy (non-hydrogen) atoms. The number of hydrogen-bond donors (Lipinski definition) is 0. The summed E-state index contributed by atoms with van der Waals surface area (Å²) >= 11 is 0. The maximum Gasteiger partial charge on any atom is 0.206 e. The lowest BCUT2D eigenvalue weighted by Gasteiger charge is -2.19. The summed E-state index contributed by atoms with van der Waals surface area (Å²) in [5.41, 5.74) is 2.20. The SMILES string of the molecule is CCCCCCCN1CCc2cc(S(=O)(=O)c3cccc(F)c3)ccc21. The van der Waals surface area contributed by atoms with Gasteiger partial charge in [0.05, 0.1) is 9.79 Å². The predicted molar refractivity (Wildman–Crippen MR) is 103 cm³/mol. The van der Waals surface area contributed by atoms with Crippen LogP contribution in [-0.2, 0) is 16.3 Å². The number of hydrogen-bond acceptors (Lipinski definition) is 3. The third-order valence-corrected chi connectivity index (χ3v) is 6.74. The molecule has 0 atom stereocenters. The Morgan fingerprint density at radius 2 is 1.77 bits per heavy atom. The Bertz CT molecular complexity index is 864. The van der Waals surface area contributed by atoms with Gasteiger partial charge in [0, 0.05) is 18.8 Å². The van der Waals surface area contributed by atoms with E-state index in [1.165, 1.54) is 50.3 Å². The van der Waals surface area contributed by atoms with Crippen LogP contribution in [0.5, 0.6) is 0 Å². The standard InChI is InChI=1S/C21H26FNO2S/c1-2-3-4-5-6-13-23-14-12-17-15-20(10-11-21(17)23)26(24,25)19-9-7-8-18(22)16-19/h7-11,15-16H,2-6,12-14H2,1H3. The molecule has 0 unspecified atom stereocenters. The molecule has 2 aromatic rings. The van der Waals surface area contributed by atoms with Crippen molar-refractivity contribution in [3.63, 3.8) is 0 Å². The maximum atomic E-state index is 13.4. The molecule has 0 amide bonds. The normalized spacial score (nSPS) is 13.8. The molecule has 140 valence electrons. The van der Waals surface area contributed by atoms with E-state index < -0.39 is 15.7 Å². The van der Waals surface area contributed by atoms with Gasteiger partial charge in [-0.25, -0.2) is 12.8 Å². The highest BCUT2D eigenvalue weighted by Gasteiger charge is 2.24. The van der Waals surface area contributed by atoms with E-state index in [9.17, 15) is 12.8 Å². The summed E-state index contributed by atoms with van der Waals surface area (Å²) in [6.45, 7) is 4.17. The quantitative estimate of drug-likeness (QED) is 0.610. The van der Waals surface area contributed by atoms with E-state index in [0.29, 0.717) is 0 Å². The van der Waals surface area contributed by atoms with Gasteiger partial charge in [-0.3, -0.25) is 0 Å². The number of fused-ring (bicyclic) bond motifs is 1. The average Bonchev–Trinajstić information content (AvgIpc) is 3.04. The fraction of sp³-hybridized carbons (Fsp3) is 0.429. The van der Waals surface area contributed by atoms with Gasteiger partial charge in [0.25, 0.3) is 0 Å². The highest BCUT2D eigenvalue weighted by Crippen LogP contribution is 2.32. The van der Waals surface area contributed by atoms with Gasteiger partial charge in [-0.05, 0) is 54.8 Å². The molecule has 0 fully saturated rings. The molecule has 2 aromatic carbocycles. The largest absolute Gasteiger partial charge is 0.371 e.